The highest BCUT2D eigenvalue weighted by molar-refractivity contribution is 7.89. The number of nitrogens with one attached hydrogen (secondary N) is 2. The van der Waals surface area contributed by atoms with Gasteiger partial charge >= 0.3 is 0 Å². The molecular formula is C18H21F2N4O3S+. The molecule has 2 heterocycles. The van der Waals surface area contributed by atoms with Crippen molar-refractivity contribution >= 4 is 15.9 Å². The van der Waals surface area contributed by atoms with Gasteiger partial charge < -0.3 is 9.80 Å². The summed E-state index contributed by atoms with van der Waals surface area (Å²) in [5, 5.41) is 0. The van der Waals surface area contributed by atoms with Gasteiger partial charge in [0.05, 0.1) is 32.7 Å². The third kappa shape index (κ3) is 4.89. The second-order valence-corrected chi connectivity index (χ2v) is 8.24. The number of nitrogens with zero attached hydrogens (tertiary/aromatic N) is 2. The Bertz CT molecular complexity index is 913. The molecule has 1 amide bonds. The van der Waals surface area contributed by atoms with Gasteiger partial charge in [-0.15, -0.1) is 0 Å². The topological polar surface area (TPSA) is 83.8 Å². The highest BCUT2D eigenvalue weighted by Gasteiger charge is 2.27. The number of sulfonamides is 1. The Balaban J connectivity index is 1.52. The molecule has 1 aliphatic rings. The van der Waals surface area contributed by atoms with E-state index in [0.717, 1.165) is 43.4 Å². The van der Waals surface area contributed by atoms with Crippen LogP contribution in [0.25, 0.3) is 0 Å². The summed E-state index contributed by atoms with van der Waals surface area (Å²) in [6, 6.07) is 6.67. The molecule has 28 heavy (non-hydrogen) atoms. The molecule has 0 bridgehead atoms. The van der Waals surface area contributed by atoms with Crippen LogP contribution in [0.2, 0.25) is 0 Å². The van der Waals surface area contributed by atoms with Gasteiger partial charge in [0.15, 0.2) is 4.90 Å². The van der Waals surface area contributed by atoms with Crippen LogP contribution in [-0.4, -0.2) is 56.9 Å². The van der Waals surface area contributed by atoms with Crippen LogP contribution in [0.15, 0.2) is 47.6 Å². The fourth-order valence-electron chi connectivity index (χ4n) is 3.12. The van der Waals surface area contributed by atoms with Crippen molar-refractivity contribution < 1.29 is 26.9 Å². The fraction of sp³-hybridized carbons (Fsp3) is 0.333. The number of hydrogen-bond donors (Lipinski definition) is 2. The van der Waals surface area contributed by atoms with Crippen molar-refractivity contribution in [3.8, 4) is 0 Å². The van der Waals surface area contributed by atoms with Crippen LogP contribution >= 0.6 is 0 Å². The van der Waals surface area contributed by atoms with E-state index in [2.05, 4.69) is 4.98 Å². The Labute approximate surface area is 162 Å². The number of rotatable bonds is 6. The maximum Gasteiger partial charge on any atom is 0.246 e. The average molecular weight is 411 g/mol. The predicted molar refractivity (Wildman–Crippen MR) is 96.8 cm³/mol. The maximum atomic E-state index is 13.7. The van der Waals surface area contributed by atoms with E-state index in [1.807, 2.05) is 16.9 Å². The highest BCUT2D eigenvalue weighted by Crippen LogP contribution is 2.17. The third-order valence-electron chi connectivity index (χ3n) is 4.63. The number of halogens is 2. The lowest BCUT2D eigenvalue weighted by Gasteiger charge is -2.32. The molecule has 1 aliphatic heterocycles. The largest absolute Gasteiger partial charge is 0.330 e. The van der Waals surface area contributed by atoms with Crippen molar-refractivity contribution in [2.45, 2.75) is 11.4 Å². The van der Waals surface area contributed by atoms with Gasteiger partial charge in [-0.3, -0.25) is 9.78 Å². The van der Waals surface area contributed by atoms with Crippen molar-refractivity contribution in [2.24, 2.45) is 0 Å². The quantitative estimate of drug-likeness (QED) is 0.676. The normalized spacial score (nSPS) is 15.6. The van der Waals surface area contributed by atoms with Crippen molar-refractivity contribution in [1.29, 1.82) is 0 Å². The molecule has 10 heteroatoms. The van der Waals surface area contributed by atoms with Gasteiger partial charge in [-0.05, 0) is 24.3 Å². The van der Waals surface area contributed by atoms with Gasteiger partial charge in [0.25, 0.3) is 0 Å². The lowest BCUT2D eigenvalue weighted by Crippen LogP contribution is -3.13. The zero-order chi connectivity index (χ0) is 20.1. The van der Waals surface area contributed by atoms with Gasteiger partial charge in [-0.2, -0.15) is 0 Å². The van der Waals surface area contributed by atoms with Crippen LogP contribution < -0.4 is 9.62 Å². The van der Waals surface area contributed by atoms with Crippen molar-refractivity contribution in [3.05, 3.63) is 59.9 Å². The Morgan fingerprint density at radius 2 is 1.71 bits per heavy atom. The average Bonchev–Trinajstić information content (AvgIpc) is 2.67. The van der Waals surface area contributed by atoms with Crippen LogP contribution in [-0.2, 0) is 21.4 Å². The highest BCUT2D eigenvalue weighted by atomic mass is 32.2. The predicted octanol–water partition coefficient (Wildman–Crippen LogP) is -0.435. The minimum Gasteiger partial charge on any atom is -0.330 e. The molecule has 0 atom stereocenters. The SMILES string of the molecule is O=C(CNS(=O)(=O)c1c(F)cccc1F)N1CC[NH+](Cc2ccncc2)CC1. The van der Waals surface area contributed by atoms with Crippen LogP contribution in [0.4, 0.5) is 8.78 Å². The Morgan fingerprint density at radius 3 is 2.32 bits per heavy atom. The molecule has 0 radical (unpaired) electrons. The van der Waals surface area contributed by atoms with Gasteiger partial charge in [0.2, 0.25) is 15.9 Å². The lowest BCUT2D eigenvalue weighted by atomic mass is 10.2. The number of piperazine rings is 1. The first kappa shape index (κ1) is 20.3. The molecule has 1 aromatic heterocycles. The van der Waals surface area contributed by atoms with E-state index < -0.39 is 39.0 Å². The van der Waals surface area contributed by atoms with E-state index in [9.17, 15) is 22.0 Å². The molecule has 7 nitrogen and oxygen atoms in total. The summed E-state index contributed by atoms with van der Waals surface area (Å²) in [5.41, 5.74) is 1.16. The zero-order valence-corrected chi connectivity index (χ0v) is 15.9. The summed E-state index contributed by atoms with van der Waals surface area (Å²) in [6.45, 7) is 2.69. The van der Waals surface area contributed by atoms with E-state index in [1.54, 1.807) is 17.3 Å². The van der Waals surface area contributed by atoms with Gasteiger partial charge in [-0.25, -0.2) is 21.9 Å². The number of benzene rings is 1. The Kier molecular flexibility index (Phi) is 6.32. The molecule has 3 rings (SSSR count). The number of pyridine rings is 1. The lowest BCUT2D eigenvalue weighted by molar-refractivity contribution is -0.917. The van der Waals surface area contributed by atoms with E-state index >= 15 is 0 Å². The van der Waals surface area contributed by atoms with Crippen molar-refractivity contribution in [3.63, 3.8) is 0 Å². The first-order chi connectivity index (χ1) is 13.4. The second-order valence-electron chi connectivity index (χ2n) is 6.54. The monoisotopic (exact) mass is 411 g/mol. The molecular weight excluding hydrogens is 390 g/mol. The molecule has 1 fully saturated rings. The molecule has 150 valence electrons. The van der Waals surface area contributed by atoms with Crippen LogP contribution in [0.5, 0.6) is 0 Å². The standard InChI is InChI=1S/C18H20F2N4O3S/c19-15-2-1-3-16(20)18(15)28(26,27)22-12-17(25)24-10-8-23(9-11-24)13-14-4-6-21-7-5-14/h1-7,22H,8-13H2/p+1. The molecule has 1 aromatic carbocycles. The minimum absolute atomic E-state index is 0.428. The summed E-state index contributed by atoms with van der Waals surface area (Å²) in [6.07, 6.45) is 3.47. The molecule has 0 unspecified atom stereocenters. The van der Waals surface area contributed by atoms with Crippen LogP contribution in [0.1, 0.15) is 5.56 Å². The van der Waals surface area contributed by atoms with Gasteiger partial charge in [0, 0.05) is 18.0 Å². The summed E-state index contributed by atoms with van der Waals surface area (Å²) < 4.78 is 53.7. The molecule has 1 saturated heterocycles. The second kappa shape index (κ2) is 8.72. The van der Waals surface area contributed by atoms with E-state index in [4.69, 9.17) is 0 Å². The Hall–Kier alpha value is -2.43. The van der Waals surface area contributed by atoms with Crippen molar-refractivity contribution in [2.75, 3.05) is 32.7 Å². The molecule has 2 aromatic rings. The molecule has 2 N–H and O–H groups in total. The molecule has 0 saturated carbocycles. The van der Waals surface area contributed by atoms with Crippen LogP contribution in [0, 0.1) is 11.6 Å². The maximum absolute atomic E-state index is 13.7. The Morgan fingerprint density at radius 1 is 1.11 bits per heavy atom. The minimum atomic E-state index is -4.47. The number of hydrogen-bond acceptors (Lipinski definition) is 4. The summed E-state index contributed by atoms with van der Waals surface area (Å²) in [7, 11) is -4.47. The van der Waals surface area contributed by atoms with E-state index in [-0.39, 0.29) is 0 Å². The molecule has 0 aliphatic carbocycles. The summed E-state index contributed by atoms with van der Waals surface area (Å²) in [4.78, 5) is 18.1. The number of carbonyl (C=O) groups excluding carboxylic acids is 1. The number of carbonyl (C=O) groups is 1. The van der Waals surface area contributed by atoms with Crippen LogP contribution in [0.3, 0.4) is 0 Å². The molecule has 0 spiro atoms. The first-order valence-corrected chi connectivity index (χ1v) is 10.3. The van der Waals surface area contributed by atoms with Gasteiger partial charge in [0.1, 0.15) is 18.2 Å². The number of aromatic nitrogens is 1. The summed E-state index contributed by atoms with van der Waals surface area (Å²) in [5.74, 6) is -2.83. The van der Waals surface area contributed by atoms with Gasteiger partial charge in [-0.1, -0.05) is 6.07 Å². The third-order valence-corrected chi connectivity index (χ3v) is 6.08. The van der Waals surface area contributed by atoms with Crippen molar-refractivity contribution in [1.82, 2.24) is 14.6 Å². The first-order valence-electron chi connectivity index (χ1n) is 8.81. The smallest absolute Gasteiger partial charge is 0.246 e. The van der Waals surface area contributed by atoms with E-state index in [0.29, 0.717) is 13.1 Å². The number of quaternary nitrogens is 1. The zero-order valence-electron chi connectivity index (χ0n) is 15.1. The fourth-order valence-corrected chi connectivity index (χ4v) is 4.23. The van der Waals surface area contributed by atoms with E-state index in [1.165, 1.54) is 4.90 Å². The number of amides is 1. The summed E-state index contributed by atoms with van der Waals surface area (Å²) >= 11 is 0.